The van der Waals surface area contributed by atoms with E-state index in [2.05, 4.69) is 72.9 Å². The lowest BCUT2D eigenvalue weighted by molar-refractivity contribution is 0.443. The van der Waals surface area contributed by atoms with Crippen molar-refractivity contribution >= 4 is 28.3 Å². The van der Waals surface area contributed by atoms with Crippen LogP contribution in [0.15, 0.2) is 24.3 Å². The molecule has 0 amide bonds. The van der Waals surface area contributed by atoms with E-state index in [1.807, 2.05) is 0 Å². The van der Waals surface area contributed by atoms with Gasteiger partial charge in [0, 0.05) is 15.8 Å². The van der Waals surface area contributed by atoms with Gasteiger partial charge in [0.25, 0.3) is 0 Å². The average molecular weight is 305 g/mol. The van der Waals surface area contributed by atoms with Gasteiger partial charge in [-0.3, -0.25) is 0 Å². The van der Waals surface area contributed by atoms with Crippen LogP contribution < -0.4 is 5.32 Å². The standard InChI is InChI=1S/C11H16IN.CH4/c1-11(2,3)8-13-10-6-4-9(12)5-7-10;/h4-7,13H,8H2,1-3H3;1H4. The number of halogens is 1. The molecule has 0 radical (unpaired) electrons. The molecule has 1 nitrogen and oxygen atoms in total. The number of hydrogen-bond acceptors (Lipinski definition) is 1. The average Bonchev–Trinajstić information content (AvgIpc) is 2.02. The van der Waals surface area contributed by atoms with Crippen LogP contribution in [0, 0.1) is 8.99 Å². The molecule has 0 aliphatic carbocycles. The first-order valence-electron chi connectivity index (χ1n) is 4.47. The Hall–Kier alpha value is -0.250. The second-order valence-corrected chi connectivity index (χ2v) is 5.67. The normalized spacial score (nSPS) is 10.6. The molecule has 1 aromatic carbocycles. The van der Waals surface area contributed by atoms with E-state index in [1.165, 1.54) is 9.26 Å². The molecule has 0 aliphatic heterocycles. The van der Waals surface area contributed by atoms with E-state index < -0.39 is 0 Å². The van der Waals surface area contributed by atoms with Crippen molar-refractivity contribution in [3.63, 3.8) is 0 Å². The molecule has 2 heteroatoms. The lowest BCUT2D eigenvalue weighted by Crippen LogP contribution is -2.18. The van der Waals surface area contributed by atoms with Crippen molar-refractivity contribution in [1.29, 1.82) is 0 Å². The minimum atomic E-state index is 0. The number of anilines is 1. The van der Waals surface area contributed by atoms with Gasteiger partial charge in [-0.05, 0) is 52.3 Å². The van der Waals surface area contributed by atoms with Gasteiger partial charge in [-0.15, -0.1) is 0 Å². The molecule has 0 unspecified atom stereocenters. The molecule has 0 saturated heterocycles. The van der Waals surface area contributed by atoms with Crippen molar-refractivity contribution in [2.75, 3.05) is 11.9 Å². The Kier molecular flexibility index (Phi) is 5.49. The first-order chi connectivity index (χ1) is 5.97. The monoisotopic (exact) mass is 305 g/mol. The van der Waals surface area contributed by atoms with E-state index >= 15 is 0 Å². The van der Waals surface area contributed by atoms with Gasteiger partial charge in [0.2, 0.25) is 0 Å². The van der Waals surface area contributed by atoms with Crippen molar-refractivity contribution in [2.24, 2.45) is 5.41 Å². The van der Waals surface area contributed by atoms with Gasteiger partial charge in [-0.25, -0.2) is 0 Å². The molecule has 0 heterocycles. The number of rotatable bonds is 2. The quantitative estimate of drug-likeness (QED) is 0.799. The number of nitrogens with one attached hydrogen (secondary N) is 1. The van der Waals surface area contributed by atoms with Crippen LogP contribution in [-0.2, 0) is 0 Å². The molecule has 0 aliphatic rings. The minimum Gasteiger partial charge on any atom is -0.385 e. The fourth-order valence-corrected chi connectivity index (χ4v) is 1.29. The second kappa shape index (κ2) is 5.59. The van der Waals surface area contributed by atoms with Gasteiger partial charge in [-0.2, -0.15) is 0 Å². The SMILES string of the molecule is C.CC(C)(C)CNc1ccc(I)cc1. The summed E-state index contributed by atoms with van der Waals surface area (Å²) >= 11 is 2.31. The highest BCUT2D eigenvalue weighted by atomic mass is 127. The Balaban J connectivity index is 0.00000169. The van der Waals surface area contributed by atoms with Gasteiger partial charge in [0.15, 0.2) is 0 Å². The molecule has 0 spiro atoms. The zero-order valence-corrected chi connectivity index (χ0v) is 10.6. The van der Waals surface area contributed by atoms with Crippen molar-refractivity contribution in [3.8, 4) is 0 Å². The van der Waals surface area contributed by atoms with E-state index in [0.29, 0.717) is 5.41 Å². The summed E-state index contributed by atoms with van der Waals surface area (Å²) in [5.74, 6) is 0. The summed E-state index contributed by atoms with van der Waals surface area (Å²) in [7, 11) is 0. The minimum absolute atomic E-state index is 0. The maximum absolute atomic E-state index is 3.41. The molecule has 1 N–H and O–H groups in total. The highest BCUT2D eigenvalue weighted by Crippen LogP contribution is 2.16. The van der Waals surface area contributed by atoms with Crippen LogP contribution >= 0.6 is 22.6 Å². The Labute approximate surface area is 101 Å². The highest BCUT2D eigenvalue weighted by Gasteiger charge is 2.08. The molecule has 1 aromatic rings. The zero-order chi connectivity index (χ0) is 9.90. The summed E-state index contributed by atoms with van der Waals surface area (Å²) < 4.78 is 1.28. The fourth-order valence-electron chi connectivity index (χ4n) is 0.935. The number of benzene rings is 1. The van der Waals surface area contributed by atoms with Crippen molar-refractivity contribution in [1.82, 2.24) is 0 Å². The van der Waals surface area contributed by atoms with E-state index in [-0.39, 0.29) is 7.43 Å². The van der Waals surface area contributed by atoms with Crippen LogP contribution in [0.25, 0.3) is 0 Å². The molecular weight excluding hydrogens is 285 g/mol. The molecule has 0 aromatic heterocycles. The fraction of sp³-hybridized carbons (Fsp3) is 0.500. The van der Waals surface area contributed by atoms with Gasteiger partial charge in [0.1, 0.15) is 0 Å². The molecule has 14 heavy (non-hydrogen) atoms. The molecule has 0 fully saturated rings. The summed E-state index contributed by atoms with van der Waals surface area (Å²) in [6.45, 7) is 7.69. The molecule has 0 atom stereocenters. The van der Waals surface area contributed by atoms with Crippen LogP contribution in [0.2, 0.25) is 0 Å². The molecule has 0 saturated carbocycles. The predicted octanol–water partition coefficient (Wildman–Crippen LogP) is 4.39. The van der Waals surface area contributed by atoms with Crippen molar-refractivity contribution < 1.29 is 0 Å². The topological polar surface area (TPSA) is 12.0 Å². The molecule has 0 bridgehead atoms. The Morgan fingerprint density at radius 1 is 1.14 bits per heavy atom. The summed E-state index contributed by atoms with van der Waals surface area (Å²) in [5.41, 5.74) is 1.54. The largest absolute Gasteiger partial charge is 0.385 e. The molecule has 80 valence electrons. The smallest absolute Gasteiger partial charge is 0.0341 e. The van der Waals surface area contributed by atoms with Crippen LogP contribution in [0.5, 0.6) is 0 Å². The van der Waals surface area contributed by atoms with E-state index in [4.69, 9.17) is 0 Å². The first-order valence-corrected chi connectivity index (χ1v) is 5.55. The van der Waals surface area contributed by atoms with E-state index in [9.17, 15) is 0 Å². The summed E-state index contributed by atoms with van der Waals surface area (Å²) in [4.78, 5) is 0. The van der Waals surface area contributed by atoms with E-state index in [1.54, 1.807) is 0 Å². The van der Waals surface area contributed by atoms with Crippen LogP contribution in [0.3, 0.4) is 0 Å². The highest BCUT2D eigenvalue weighted by molar-refractivity contribution is 14.1. The third-order valence-corrected chi connectivity index (χ3v) is 2.39. The lowest BCUT2D eigenvalue weighted by atomic mass is 9.97. The summed E-state index contributed by atoms with van der Waals surface area (Å²) in [5, 5.41) is 3.41. The maximum Gasteiger partial charge on any atom is 0.0341 e. The first kappa shape index (κ1) is 13.8. The maximum atomic E-state index is 3.41. The zero-order valence-electron chi connectivity index (χ0n) is 8.39. The second-order valence-electron chi connectivity index (χ2n) is 4.42. The number of hydrogen-bond donors (Lipinski definition) is 1. The third-order valence-electron chi connectivity index (χ3n) is 1.67. The molecular formula is C12H20IN. The van der Waals surface area contributed by atoms with Gasteiger partial charge >= 0.3 is 0 Å². The van der Waals surface area contributed by atoms with Gasteiger partial charge in [0.05, 0.1) is 0 Å². The van der Waals surface area contributed by atoms with Crippen LogP contribution in [0.1, 0.15) is 28.2 Å². The van der Waals surface area contributed by atoms with Gasteiger partial charge in [-0.1, -0.05) is 28.2 Å². The summed E-state index contributed by atoms with van der Waals surface area (Å²) in [6, 6.07) is 8.47. The Morgan fingerprint density at radius 2 is 1.64 bits per heavy atom. The Bertz CT molecular complexity index is 259. The lowest BCUT2D eigenvalue weighted by Gasteiger charge is -2.19. The van der Waals surface area contributed by atoms with Crippen LogP contribution in [0.4, 0.5) is 5.69 Å². The predicted molar refractivity (Wildman–Crippen MR) is 73.8 cm³/mol. The third kappa shape index (κ3) is 5.47. The van der Waals surface area contributed by atoms with Crippen LogP contribution in [-0.4, -0.2) is 6.54 Å². The van der Waals surface area contributed by atoms with E-state index in [0.717, 1.165) is 6.54 Å². The van der Waals surface area contributed by atoms with Gasteiger partial charge < -0.3 is 5.32 Å². The summed E-state index contributed by atoms with van der Waals surface area (Å²) in [6.07, 6.45) is 0. The Morgan fingerprint density at radius 3 is 2.07 bits per heavy atom. The van der Waals surface area contributed by atoms with Crippen molar-refractivity contribution in [3.05, 3.63) is 27.8 Å². The van der Waals surface area contributed by atoms with Crippen molar-refractivity contribution in [2.45, 2.75) is 28.2 Å². The molecule has 1 rings (SSSR count).